The van der Waals surface area contributed by atoms with Gasteiger partial charge in [-0.1, -0.05) is 0 Å². The van der Waals surface area contributed by atoms with Crippen molar-refractivity contribution in [3.63, 3.8) is 0 Å². The Morgan fingerprint density at radius 2 is 1.79 bits per heavy atom. The number of aromatic nitrogens is 1. The van der Waals surface area contributed by atoms with Gasteiger partial charge in [-0.2, -0.15) is 0 Å². The largest absolute Gasteiger partial charge is 0.484 e. The van der Waals surface area contributed by atoms with E-state index >= 15 is 4.39 Å². The average molecular weight is 457 g/mol. The first-order valence-electron chi connectivity index (χ1n) is 11.1. The molecule has 0 saturated heterocycles. The molecule has 1 aliphatic rings. The molecule has 176 valence electrons. The molecular formula is C26H30F2N2O3. The van der Waals surface area contributed by atoms with Crippen molar-refractivity contribution in [3.05, 3.63) is 46.2 Å². The number of aryl methyl sites for hydroxylation is 1. The number of hydrogen-bond donors (Lipinski definition) is 1. The number of rotatable bonds is 4. The van der Waals surface area contributed by atoms with Crippen LogP contribution in [0.1, 0.15) is 43.2 Å². The first kappa shape index (κ1) is 23.1. The van der Waals surface area contributed by atoms with Crippen LogP contribution in [-0.4, -0.2) is 34.8 Å². The maximum Gasteiger partial charge on any atom is 0.307 e. The van der Waals surface area contributed by atoms with Crippen molar-refractivity contribution in [1.29, 1.82) is 0 Å². The van der Waals surface area contributed by atoms with E-state index in [0.717, 1.165) is 40.9 Å². The van der Waals surface area contributed by atoms with Gasteiger partial charge in [-0.05, 0) is 70.4 Å². The van der Waals surface area contributed by atoms with Gasteiger partial charge < -0.3 is 19.3 Å². The van der Waals surface area contributed by atoms with Gasteiger partial charge >= 0.3 is 5.97 Å². The summed E-state index contributed by atoms with van der Waals surface area (Å²) in [5, 5.41) is 10.5. The first-order valence-corrected chi connectivity index (χ1v) is 11.1. The molecule has 0 amide bonds. The molecule has 0 aliphatic carbocycles. The highest BCUT2D eigenvalue weighted by atomic mass is 19.1. The number of benzene rings is 2. The van der Waals surface area contributed by atoms with Crippen LogP contribution in [0.2, 0.25) is 0 Å². The number of nitrogens with zero attached hydrogens (tertiary/aromatic N) is 2. The fourth-order valence-electron chi connectivity index (χ4n) is 4.88. The van der Waals surface area contributed by atoms with Gasteiger partial charge in [0.05, 0.1) is 17.6 Å². The Bertz CT molecular complexity index is 1300. The van der Waals surface area contributed by atoms with Crippen molar-refractivity contribution in [2.75, 3.05) is 18.5 Å². The molecule has 1 aromatic heterocycles. The van der Waals surface area contributed by atoms with Crippen molar-refractivity contribution in [2.24, 2.45) is 0 Å². The molecule has 4 rings (SSSR count). The summed E-state index contributed by atoms with van der Waals surface area (Å²) in [4.78, 5) is 14.0. The lowest BCUT2D eigenvalue weighted by atomic mass is 9.87. The Balaban J connectivity index is 2.21. The third-order valence-electron chi connectivity index (χ3n) is 6.36. The smallest absolute Gasteiger partial charge is 0.307 e. The van der Waals surface area contributed by atoms with Gasteiger partial charge in [-0.25, -0.2) is 8.78 Å². The predicted octanol–water partition coefficient (Wildman–Crippen LogP) is 5.77. The van der Waals surface area contributed by atoms with E-state index in [4.69, 9.17) is 4.74 Å². The lowest BCUT2D eigenvalue weighted by Gasteiger charge is -2.32. The average Bonchev–Trinajstić information content (AvgIpc) is 3.03. The van der Waals surface area contributed by atoms with Gasteiger partial charge in [0.15, 0.2) is 11.6 Å². The normalized spacial score (nSPS) is 13.7. The molecule has 2 aromatic carbocycles. The van der Waals surface area contributed by atoms with Crippen molar-refractivity contribution in [1.82, 2.24) is 4.57 Å². The van der Waals surface area contributed by atoms with E-state index in [1.165, 1.54) is 13.0 Å². The minimum Gasteiger partial charge on any atom is -0.484 e. The van der Waals surface area contributed by atoms with Gasteiger partial charge in [0.25, 0.3) is 0 Å². The van der Waals surface area contributed by atoms with Crippen LogP contribution in [0.3, 0.4) is 0 Å². The molecule has 0 spiro atoms. The Labute approximate surface area is 192 Å². The second-order valence-corrected chi connectivity index (χ2v) is 9.91. The number of ether oxygens (including phenoxy) is 1. The summed E-state index contributed by atoms with van der Waals surface area (Å²) in [5.41, 5.74) is 4.14. The highest BCUT2D eigenvalue weighted by Crippen LogP contribution is 2.48. The molecule has 0 fully saturated rings. The Kier molecular flexibility index (Phi) is 5.42. The van der Waals surface area contributed by atoms with E-state index in [1.807, 2.05) is 27.0 Å². The van der Waals surface area contributed by atoms with Crippen molar-refractivity contribution >= 4 is 22.6 Å². The van der Waals surface area contributed by atoms with Crippen LogP contribution in [0.15, 0.2) is 12.1 Å². The molecule has 0 saturated carbocycles. The molecule has 0 unspecified atom stereocenters. The zero-order valence-corrected chi connectivity index (χ0v) is 20.2. The summed E-state index contributed by atoms with van der Waals surface area (Å²) >= 11 is 0. The van der Waals surface area contributed by atoms with Crippen molar-refractivity contribution in [2.45, 2.75) is 60.1 Å². The summed E-state index contributed by atoms with van der Waals surface area (Å²) < 4.78 is 38.6. The predicted molar refractivity (Wildman–Crippen MR) is 126 cm³/mol. The monoisotopic (exact) mass is 456 g/mol. The fourth-order valence-corrected chi connectivity index (χ4v) is 4.88. The highest BCUT2D eigenvalue weighted by molar-refractivity contribution is 6.08. The number of anilines is 1. The molecule has 2 heterocycles. The molecule has 0 atom stereocenters. The zero-order valence-electron chi connectivity index (χ0n) is 20.2. The van der Waals surface area contributed by atoms with Gasteiger partial charge in [0.1, 0.15) is 11.4 Å². The van der Waals surface area contributed by atoms with Gasteiger partial charge in [-0.3, -0.25) is 4.79 Å². The Morgan fingerprint density at radius 1 is 1.12 bits per heavy atom. The molecule has 3 aromatic rings. The van der Waals surface area contributed by atoms with E-state index in [9.17, 15) is 14.3 Å². The summed E-state index contributed by atoms with van der Waals surface area (Å²) in [6, 6.07) is 3.26. The van der Waals surface area contributed by atoms with Crippen molar-refractivity contribution in [3.8, 4) is 16.9 Å². The highest BCUT2D eigenvalue weighted by Gasteiger charge is 2.31. The SMILES string of the molecule is Cc1c(F)cc(-c2c(CC(=O)O)c(C)c3c4c2cc(C)n4CCN3C)c(OC(C)(C)C)c1F. The van der Waals surface area contributed by atoms with Crippen LogP contribution in [-0.2, 0) is 17.8 Å². The number of likely N-dealkylation sites (N-methyl/N-ethyl adjacent to an activating group) is 1. The third kappa shape index (κ3) is 3.73. The first-order chi connectivity index (χ1) is 15.3. The third-order valence-corrected chi connectivity index (χ3v) is 6.36. The summed E-state index contributed by atoms with van der Waals surface area (Å²) in [7, 11) is 1.98. The second-order valence-electron chi connectivity index (χ2n) is 9.91. The van der Waals surface area contributed by atoms with E-state index in [1.54, 1.807) is 20.8 Å². The van der Waals surface area contributed by atoms with Crippen LogP contribution in [0, 0.1) is 32.4 Å². The molecule has 1 aliphatic heterocycles. The number of carbonyl (C=O) groups is 1. The molecular weight excluding hydrogens is 426 g/mol. The molecule has 0 radical (unpaired) electrons. The maximum atomic E-state index is 15.4. The van der Waals surface area contributed by atoms with E-state index in [-0.39, 0.29) is 23.3 Å². The molecule has 7 heteroatoms. The van der Waals surface area contributed by atoms with E-state index in [0.29, 0.717) is 11.1 Å². The number of halogens is 2. The zero-order chi connectivity index (χ0) is 24.4. The topological polar surface area (TPSA) is 54.7 Å². The summed E-state index contributed by atoms with van der Waals surface area (Å²) in [6.45, 7) is 12.2. The number of aliphatic carboxylic acids is 1. The maximum absolute atomic E-state index is 15.4. The van der Waals surface area contributed by atoms with Crippen molar-refractivity contribution < 1.29 is 23.4 Å². The lowest BCUT2D eigenvalue weighted by molar-refractivity contribution is -0.136. The molecule has 1 N–H and O–H groups in total. The lowest BCUT2D eigenvalue weighted by Crippen LogP contribution is -2.29. The van der Waals surface area contributed by atoms with Gasteiger partial charge in [0, 0.05) is 42.3 Å². The Morgan fingerprint density at radius 3 is 2.39 bits per heavy atom. The van der Waals surface area contributed by atoms with Crippen LogP contribution in [0.25, 0.3) is 22.0 Å². The second kappa shape index (κ2) is 7.75. The minimum absolute atomic E-state index is 0.0581. The van der Waals surface area contributed by atoms with Gasteiger partial charge in [0.2, 0.25) is 0 Å². The minimum atomic E-state index is -1.01. The standard InChI is InChI=1S/C26H30F2N2O3/c1-13-10-17-21(18-11-19(27)15(3)22(28)25(18)33-26(4,5)6)16(12-20(31)32)14(2)23-24(17)30(13)9-8-29(23)7/h10-11H,8-9,12H2,1-7H3,(H,31,32). The van der Waals surface area contributed by atoms with Crippen LogP contribution < -0.4 is 9.64 Å². The number of carboxylic acids is 1. The summed E-state index contributed by atoms with van der Waals surface area (Å²) in [5.74, 6) is -2.53. The van der Waals surface area contributed by atoms with Crippen LogP contribution in [0.4, 0.5) is 14.5 Å². The van der Waals surface area contributed by atoms with Gasteiger partial charge in [-0.15, -0.1) is 0 Å². The van der Waals surface area contributed by atoms with E-state index in [2.05, 4.69) is 9.47 Å². The molecule has 5 nitrogen and oxygen atoms in total. The number of hydrogen-bond acceptors (Lipinski definition) is 3. The molecule has 33 heavy (non-hydrogen) atoms. The van der Waals surface area contributed by atoms with Crippen LogP contribution in [0.5, 0.6) is 5.75 Å². The Hall–Kier alpha value is -3.09. The fraction of sp³-hybridized carbons (Fsp3) is 0.423. The van der Waals surface area contributed by atoms with Crippen LogP contribution >= 0.6 is 0 Å². The quantitative estimate of drug-likeness (QED) is 0.542. The summed E-state index contributed by atoms with van der Waals surface area (Å²) in [6.07, 6.45) is -0.270. The van der Waals surface area contributed by atoms with E-state index < -0.39 is 23.2 Å². The number of carboxylic acid groups (broad SMARTS) is 1. The molecule has 0 bridgehead atoms.